The summed E-state index contributed by atoms with van der Waals surface area (Å²) in [4.78, 5) is 24.0. The highest BCUT2D eigenvalue weighted by atomic mass is 16.5. The molecular weight excluding hydrogens is 310 g/mol. The average Bonchev–Trinajstić information content (AvgIpc) is 3.23. The van der Waals surface area contributed by atoms with Gasteiger partial charge in [0.25, 0.3) is 0 Å². The first-order valence-electron chi connectivity index (χ1n) is 7.85. The second-order valence-electron chi connectivity index (χ2n) is 5.93. The second-order valence-corrected chi connectivity index (χ2v) is 5.93. The van der Waals surface area contributed by atoms with Gasteiger partial charge in [-0.2, -0.15) is 5.21 Å². The number of carbonyl (C=O) groups is 2. The zero-order chi connectivity index (χ0) is 16.9. The molecule has 1 atom stereocenters. The summed E-state index contributed by atoms with van der Waals surface area (Å²) in [5.74, 6) is 0.436. The maximum Gasteiger partial charge on any atom is 0.328 e. The largest absolute Gasteiger partial charge is 0.467 e. The molecule has 1 aliphatic rings. The van der Waals surface area contributed by atoms with Crippen molar-refractivity contribution in [3.8, 4) is 11.4 Å². The first-order chi connectivity index (χ1) is 11.7. The Balaban J connectivity index is 1.58. The van der Waals surface area contributed by atoms with E-state index in [0.717, 1.165) is 24.0 Å². The summed E-state index contributed by atoms with van der Waals surface area (Å²) in [6.07, 6.45) is 3.07. The van der Waals surface area contributed by atoms with Gasteiger partial charge in [0.05, 0.1) is 13.5 Å². The van der Waals surface area contributed by atoms with Gasteiger partial charge < -0.3 is 10.1 Å². The van der Waals surface area contributed by atoms with Crippen LogP contribution in [0, 0.1) is 5.92 Å². The van der Waals surface area contributed by atoms with Crippen molar-refractivity contribution in [2.24, 2.45) is 5.92 Å². The summed E-state index contributed by atoms with van der Waals surface area (Å²) >= 11 is 0. The molecule has 24 heavy (non-hydrogen) atoms. The molecule has 2 N–H and O–H groups in total. The second kappa shape index (κ2) is 7.20. The van der Waals surface area contributed by atoms with E-state index in [-0.39, 0.29) is 18.3 Å². The number of ether oxygens (including phenoxy) is 1. The molecule has 0 spiro atoms. The van der Waals surface area contributed by atoms with E-state index in [1.807, 2.05) is 24.3 Å². The SMILES string of the molecule is COC(=O)C(CC1CC1)NC(=O)Cc1ccc(-c2nn[nH]n2)cc1. The zero-order valence-electron chi connectivity index (χ0n) is 13.4. The minimum absolute atomic E-state index is 0.196. The standard InChI is InChI=1S/C16H19N5O3/c1-24-16(23)13(8-10-2-3-10)17-14(22)9-11-4-6-12(7-5-11)15-18-20-21-19-15/h4-7,10,13H,2-3,8-9H2,1H3,(H,17,22)(H,18,19,20,21). The fourth-order valence-corrected chi connectivity index (χ4v) is 2.53. The van der Waals surface area contributed by atoms with Gasteiger partial charge in [-0.25, -0.2) is 4.79 Å². The maximum absolute atomic E-state index is 12.2. The molecule has 8 heteroatoms. The fourth-order valence-electron chi connectivity index (χ4n) is 2.53. The molecule has 1 amide bonds. The van der Waals surface area contributed by atoms with E-state index in [4.69, 9.17) is 4.74 Å². The van der Waals surface area contributed by atoms with Crippen molar-refractivity contribution in [3.63, 3.8) is 0 Å². The van der Waals surface area contributed by atoms with Crippen LogP contribution in [-0.4, -0.2) is 45.7 Å². The van der Waals surface area contributed by atoms with Gasteiger partial charge in [-0.15, -0.1) is 10.2 Å². The number of hydrogen-bond acceptors (Lipinski definition) is 6. The van der Waals surface area contributed by atoms with E-state index in [1.54, 1.807) is 0 Å². The number of tetrazole rings is 1. The van der Waals surface area contributed by atoms with Crippen LogP contribution in [-0.2, 0) is 20.7 Å². The quantitative estimate of drug-likeness (QED) is 0.729. The van der Waals surface area contributed by atoms with E-state index >= 15 is 0 Å². The van der Waals surface area contributed by atoms with Crippen LogP contribution in [0.2, 0.25) is 0 Å². The lowest BCUT2D eigenvalue weighted by Gasteiger charge is -2.16. The minimum Gasteiger partial charge on any atom is -0.467 e. The maximum atomic E-state index is 12.2. The Morgan fingerprint density at radius 2 is 2.08 bits per heavy atom. The van der Waals surface area contributed by atoms with E-state index in [2.05, 4.69) is 25.9 Å². The van der Waals surface area contributed by atoms with Gasteiger partial charge in [0.2, 0.25) is 11.7 Å². The van der Waals surface area contributed by atoms with Crippen molar-refractivity contribution in [1.82, 2.24) is 25.9 Å². The van der Waals surface area contributed by atoms with Crippen LogP contribution < -0.4 is 5.32 Å². The molecule has 1 aliphatic carbocycles. The number of nitrogens with zero attached hydrogens (tertiary/aromatic N) is 3. The number of esters is 1. The highest BCUT2D eigenvalue weighted by Crippen LogP contribution is 2.33. The summed E-state index contributed by atoms with van der Waals surface area (Å²) in [6.45, 7) is 0. The zero-order valence-corrected chi connectivity index (χ0v) is 13.4. The number of methoxy groups -OCH3 is 1. The summed E-state index contributed by atoms with van der Waals surface area (Å²) in [5, 5.41) is 16.5. The molecule has 3 rings (SSSR count). The number of benzene rings is 1. The van der Waals surface area contributed by atoms with Crippen LogP contribution in [0.15, 0.2) is 24.3 Å². The van der Waals surface area contributed by atoms with Crippen molar-refractivity contribution in [2.45, 2.75) is 31.7 Å². The van der Waals surface area contributed by atoms with Crippen LogP contribution in [0.4, 0.5) is 0 Å². The molecule has 2 aromatic rings. The molecule has 8 nitrogen and oxygen atoms in total. The third-order valence-corrected chi connectivity index (χ3v) is 4.01. The number of H-pyrrole nitrogens is 1. The molecule has 1 aromatic carbocycles. The normalized spacial score (nSPS) is 14.9. The lowest BCUT2D eigenvalue weighted by molar-refractivity contribution is -0.145. The van der Waals surface area contributed by atoms with Crippen molar-refractivity contribution < 1.29 is 14.3 Å². The Kier molecular flexibility index (Phi) is 4.83. The average molecular weight is 329 g/mol. The molecule has 0 radical (unpaired) electrons. The first kappa shape index (κ1) is 16.1. The van der Waals surface area contributed by atoms with E-state index in [0.29, 0.717) is 18.2 Å². The van der Waals surface area contributed by atoms with Gasteiger partial charge in [-0.3, -0.25) is 4.79 Å². The van der Waals surface area contributed by atoms with Crippen molar-refractivity contribution in [1.29, 1.82) is 0 Å². The molecular formula is C16H19N5O3. The van der Waals surface area contributed by atoms with Gasteiger partial charge in [0.1, 0.15) is 6.04 Å². The molecule has 1 unspecified atom stereocenters. The Hall–Kier alpha value is -2.77. The number of amides is 1. The Labute approximate surface area is 139 Å². The van der Waals surface area contributed by atoms with E-state index in [9.17, 15) is 9.59 Å². The number of nitrogens with one attached hydrogen (secondary N) is 2. The Morgan fingerprint density at radius 1 is 1.33 bits per heavy atom. The van der Waals surface area contributed by atoms with Gasteiger partial charge in [0, 0.05) is 5.56 Å². The fraction of sp³-hybridized carbons (Fsp3) is 0.438. The van der Waals surface area contributed by atoms with Gasteiger partial charge in [-0.1, -0.05) is 37.1 Å². The topological polar surface area (TPSA) is 110 Å². The Morgan fingerprint density at radius 3 is 2.67 bits per heavy atom. The number of rotatable bonds is 7. The molecule has 1 heterocycles. The summed E-state index contributed by atoms with van der Waals surface area (Å²) in [5.41, 5.74) is 1.66. The van der Waals surface area contributed by atoms with E-state index in [1.165, 1.54) is 7.11 Å². The predicted molar refractivity (Wildman–Crippen MR) is 84.6 cm³/mol. The van der Waals surface area contributed by atoms with Crippen LogP contribution in [0.3, 0.4) is 0 Å². The summed E-state index contributed by atoms with van der Waals surface area (Å²) in [6, 6.07) is 6.76. The third-order valence-electron chi connectivity index (χ3n) is 4.01. The smallest absolute Gasteiger partial charge is 0.328 e. The lowest BCUT2D eigenvalue weighted by Crippen LogP contribution is -2.42. The highest BCUT2D eigenvalue weighted by molar-refractivity contribution is 5.85. The molecule has 126 valence electrons. The molecule has 0 aliphatic heterocycles. The van der Waals surface area contributed by atoms with Crippen LogP contribution in [0.25, 0.3) is 11.4 Å². The van der Waals surface area contributed by atoms with Gasteiger partial charge >= 0.3 is 5.97 Å². The highest BCUT2D eigenvalue weighted by Gasteiger charge is 2.30. The first-order valence-corrected chi connectivity index (χ1v) is 7.85. The summed E-state index contributed by atoms with van der Waals surface area (Å²) in [7, 11) is 1.34. The van der Waals surface area contributed by atoms with Gasteiger partial charge in [0.15, 0.2) is 0 Å². The predicted octanol–water partition coefficient (Wildman–Crippen LogP) is 0.867. The van der Waals surface area contributed by atoms with Crippen LogP contribution in [0.5, 0.6) is 0 Å². The monoisotopic (exact) mass is 329 g/mol. The van der Waals surface area contributed by atoms with Crippen molar-refractivity contribution >= 4 is 11.9 Å². The molecule has 1 saturated carbocycles. The van der Waals surface area contributed by atoms with E-state index < -0.39 is 6.04 Å². The number of aromatic amines is 1. The lowest BCUT2D eigenvalue weighted by atomic mass is 10.1. The third kappa shape index (κ3) is 4.15. The van der Waals surface area contributed by atoms with Gasteiger partial charge in [-0.05, 0) is 23.1 Å². The molecule has 0 saturated heterocycles. The van der Waals surface area contributed by atoms with Crippen LogP contribution >= 0.6 is 0 Å². The molecule has 0 bridgehead atoms. The van der Waals surface area contributed by atoms with Crippen LogP contribution in [0.1, 0.15) is 24.8 Å². The number of aromatic nitrogens is 4. The molecule has 1 fully saturated rings. The number of hydrogen-bond donors (Lipinski definition) is 2. The van der Waals surface area contributed by atoms with Crippen molar-refractivity contribution in [2.75, 3.05) is 7.11 Å². The number of carbonyl (C=O) groups excluding carboxylic acids is 2. The van der Waals surface area contributed by atoms with Crippen molar-refractivity contribution in [3.05, 3.63) is 29.8 Å². The molecule has 1 aromatic heterocycles. The summed E-state index contributed by atoms with van der Waals surface area (Å²) < 4.78 is 4.77. The Bertz CT molecular complexity index is 695. The minimum atomic E-state index is -0.561.